The molecule has 0 amide bonds. The first kappa shape index (κ1) is 3.08. The highest BCUT2D eigenvalue weighted by atomic mass is 15.5. The molecule has 1 heteroatoms. The fraction of sp³-hybridized carbons (Fsp3) is 1.00. The Morgan fingerprint density at radius 2 is 2.00 bits per heavy atom. The Morgan fingerprint density at radius 3 is 2.00 bits per heavy atom. The fourth-order valence-corrected chi connectivity index (χ4v) is 2.43. The molecule has 0 aromatic carbocycles. The summed E-state index contributed by atoms with van der Waals surface area (Å²) in [6.07, 6.45) is 0. The van der Waals surface area contributed by atoms with Crippen LogP contribution in [0.25, 0.3) is 0 Å². The minimum Gasteiger partial charge on any atom is -0.304 e. The van der Waals surface area contributed by atoms with Crippen LogP contribution in [-0.2, 0) is 0 Å². The third kappa shape index (κ3) is 0.104. The van der Waals surface area contributed by atoms with Crippen molar-refractivity contribution >= 4 is 0 Å². The first-order valence-electron chi connectivity index (χ1n) is 2.99. The van der Waals surface area contributed by atoms with E-state index in [4.69, 9.17) is 0 Å². The Bertz CT molecular complexity index is 158. The van der Waals surface area contributed by atoms with Crippen LogP contribution in [0.15, 0.2) is 0 Å². The average Bonchev–Trinajstić information content (AvgIpc) is 2.07. The Morgan fingerprint density at radius 1 is 1.43 bits per heavy atom. The molecule has 0 radical (unpaired) electrons. The monoisotopic (exact) mass is 95.1 g/mol. The summed E-state index contributed by atoms with van der Waals surface area (Å²) in [5.74, 6) is 1.10. The molecule has 1 heterocycles. The van der Waals surface area contributed by atoms with Crippen molar-refractivity contribution in [1.29, 1.82) is 0 Å². The summed E-state index contributed by atoms with van der Waals surface area (Å²) in [4.78, 5) is 0. The lowest BCUT2D eigenvalue weighted by Gasteiger charge is -2.01. The first-order chi connectivity index (χ1) is 3.21. The minimum atomic E-state index is 0.706. The van der Waals surface area contributed by atoms with Gasteiger partial charge in [0.2, 0.25) is 0 Å². The number of fused-ring (bicyclic) bond motifs is 1. The molecule has 1 aliphatic heterocycles. The molecule has 1 saturated heterocycles. The predicted molar refractivity (Wildman–Crippen MR) is 26.9 cm³/mol. The van der Waals surface area contributed by atoms with Crippen LogP contribution in [0.1, 0.15) is 13.8 Å². The van der Waals surface area contributed by atoms with Gasteiger partial charge in [-0.3, -0.25) is 0 Å². The zero-order chi connectivity index (χ0) is 4.86. The average molecular weight is 95.1 g/mol. The summed E-state index contributed by atoms with van der Waals surface area (Å²) in [6.45, 7) is 4.71. The molecule has 7 heavy (non-hydrogen) atoms. The third-order valence-corrected chi connectivity index (χ3v) is 3.28. The second-order valence-electron chi connectivity index (χ2n) is 3.69. The number of rotatable bonds is 0. The van der Waals surface area contributed by atoms with Gasteiger partial charge in [0.25, 0.3) is 0 Å². The van der Waals surface area contributed by atoms with Gasteiger partial charge in [0.15, 0.2) is 0 Å². The Labute approximate surface area is 43.1 Å². The first-order valence-corrected chi connectivity index (χ1v) is 2.99. The summed E-state index contributed by atoms with van der Waals surface area (Å²) in [5.41, 5.74) is 1.44. The largest absolute Gasteiger partial charge is 0.304 e. The molecule has 1 nitrogen and oxygen atoms in total. The van der Waals surface area contributed by atoms with Crippen LogP contribution in [0.4, 0.5) is 0 Å². The summed E-state index contributed by atoms with van der Waals surface area (Å²) in [7, 11) is 0. The van der Waals surface area contributed by atoms with Gasteiger partial charge >= 0.3 is 0 Å². The molecule has 1 N–H and O–H groups in total. The number of hydrogen-bond acceptors (Lipinski definition) is 1. The highest BCUT2D eigenvalue weighted by Crippen LogP contribution is 2.89. The van der Waals surface area contributed by atoms with Crippen molar-refractivity contribution in [1.82, 2.24) is 5.32 Å². The van der Waals surface area contributed by atoms with Crippen LogP contribution in [0.2, 0.25) is 0 Å². The van der Waals surface area contributed by atoms with E-state index < -0.39 is 0 Å². The van der Waals surface area contributed by atoms with Gasteiger partial charge in [-0.1, -0.05) is 13.8 Å². The molecule has 3 fully saturated rings. The predicted octanol–water partition coefficient (Wildman–Crippen LogP) is 0.367. The zero-order valence-corrected chi connectivity index (χ0v) is 4.65. The maximum Gasteiger partial charge on any atom is 0.0447 e. The lowest BCUT2D eigenvalue weighted by Crippen LogP contribution is -2.02. The summed E-state index contributed by atoms with van der Waals surface area (Å²) in [5, 5.41) is 3.44. The van der Waals surface area contributed by atoms with E-state index in [2.05, 4.69) is 19.2 Å². The molecule has 0 aromatic heterocycles. The molecule has 1 spiro atoms. The van der Waals surface area contributed by atoms with E-state index in [1.165, 1.54) is 0 Å². The van der Waals surface area contributed by atoms with Crippen LogP contribution >= 0.6 is 0 Å². The second kappa shape index (κ2) is 0.408. The molecular weight excluding hydrogens is 86.1 g/mol. The number of hydrogen-bond donors (Lipinski definition) is 1. The van der Waals surface area contributed by atoms with Crippen molar-refractivity contribution in [3.63, 3.8) is 0 Å². The van der Waals surface area contributed by atoms with Crippen molar-refractivity contribution in [2.75, 3.05) is 0 Å². The standard InChI is InChI=1S/C6H9N/c1-5(2)3-4-6(3,5)7-4/h3-4,7H,1-2H3. The van der Waals surface area contributed by atoms with Gasteiger partial charge in [-0.15, -0.1) is 0 Å². The SMILES string of the molecule is CC1(C)C2C3NC321. The molecule has 0 aromatic rings. The van der Waals surface area contributed by atoms with Gasteiger partial charge in [0.1, 0.15) is 0 Å². The smallest absolute Gasteiger partial charge is 0.0447 e. The van der Waals surface area contributed by atoms with Gasteiger partial charge in [0, 0.05) is 17.5 Å². The van der Waals surface area contributed by atoms with E-state index in [0.717, 1.165) is 17.5 Å². The van der Waals surface area contributed by atoms with Gasteiger partial charge in [-0.25, -0.2) is 0 Å². The van der Waals surface area contributed by atoms with Crippen molar-refractivity contribution in [3.05, 3.63) is 0 Å². The molecule has 38 valence electrons. The molecule has 2 aliphatic carbocycles. The van der Waals surface area contributed by atoms with Gasteiger partial charge < -0.3 is 5.32 Å². The Balaban J connectivity index is 2.14. The van der Waals surface area contributed by atoms with Gasteiger partial charge in [-0.2, -0.15) is 0 Å². The summed E-state index contributed by atoms with van der Waals surface area (Å²) >= 11 is 0. The molecular formula is C6H9N. The van der Waals surface area contributed by atoms with Crippen molar-refractivity contribution in [2.45, 2.75) is 25.4 Å². The Kier molecular flexibility index (Phi) is 0.179. The van der Waals surface area contributed by atoms with E-state index >= 15 is 0 Å². The van der Waals surface area contributed by atoms with Gasteiger partial charge in [-0.05, 0) is 5.41 Å². The highest BCUT2D eigenvalue weighted by molar-refractivity contribution is 5.60. The van der Waals surface area contributed by atoms with E-state index in [-0.39, 0.29) is 0 Å². The molecule has 3 atom stereocenters. The van der Waals surface area contributed by atoms with E-state index in [9.17, 15) is 0 Å². The second-order valence-corrected chi connectivity index (χ2v) is 3.69. The van der Waals surface area contributed by atoms with E-state index in [0.29, 0.717) is 5.41 Å². The van der Waals surface area contributed by atoms with Crippen molar-refractivity contribution in [2.24, 2.45) is 11.3 Å². The van der Waals surface area contributed by atoms with Gasteiger partial charge in [0.05, 0.1) is 0 Å². The summed E-state index contributed by atoms with van der Waals surface area (Å²) < 4.78 is 0. The maximum absolute atomic E-state index is 3.44. The normalized spacial score (nSPS) is 76.3. The molecule has 3 unspecified atom stereocenters. The molecule has 0 bridgehead atoms. The van der Waals surface area contributed by atoms with Crippen molar-refractivity contribution in [3.8, 4) is 0 Å². The summed E-state index contributed by atoms with van der Waals surface area (Å²) in [6, 6.07) is 0.988. The Hall–Kier alpha value is -0.0400. The zero-order valence-electron chi connectivity index (χ0n) is 4.65. The third-order valence-electron chi connectivity index (χ3n) is 3.28. The van der Waals surface area contributed by atoms with Crippen molar-refractivity contribution < 1.29 is 0 Å². The minimum absolute atomic E-state index is 0.706. The number of nitrogens with one attached hydrogen (secondary N) is 1. The molecule has 2 saturated carbocycles. The van der Waals surface area contributed by atoms with Crippen LogP contribution in [0, 0.1) is 11.3 Å². The van der Waals surface area contributed by atoms with E-state index in [1.807, 2.05) is 0 Å². The maximum atomic E-state index is 3.44. The van der Waals surface area contributed by atoms with Crippen LogP contribution in [0.3, 0.4) is 0 Å². The van der Waals surface area contributed by atoms with Crippen LogP contribution in [0.5, 0.6) is 0 Å². The van der Waals surface area contributed by atoms with Crippen LogP contribution < -0.4 is 5.32 Å². The highest BCUT2D eigenvalue weighted by Gasteiger charge is 3.02. The lowest BCUT2D eigenvalue weighted by molar-refractivity contribution is 0.506. The molecule has 3 aliphatic rings. The lowest BCUT2D eigenvalue weighted by atomic mass is 10.0. The molecule has 3 rings (SSSR count). The van der Waals surface area contributed by atoms with E-state index in [1.54, 1.807) is 0 Å². The van der Waals surface area contributed by atoms with Crippen LogP contribution in [-0.4, -0.2) is 11.6 Å². The quantitative estimate of drug-likeness (QED) is 0.431. The fourth-order valence-electron chi connectivity index (χ4n) is 2.43. The topological polar surface area (TPSA) is 21.9 Å².